The predicted octanol–water partition coefficient (Wildman–Crippen LogP) is 1.33. The molecule has 2 atom stereocenters. The molecule has 5 heteroatoms. The Hall–Kier alpha value is -1.10. The molecule has 1 heterocycles. The number of amides is 1. The Balaban J connectivity index is 2.36. The molecule has 1 amide bonds. The number of halogens is 1. The third-order valence-electron chi connectivity index (χ3n) is 3.15. The van der Waals surface area contributed by atoms with E-state index in [0.717, 1.165) is 11.3 Å². The summed E-state index contributed by atoms with van der Waals surface area (Å²) in [5.41, 5.74) is 1.82. The fourth-order valence-corrected chi connectivity index (χ4v) is 2.41. The highest BCUT2D eigenvalue weighted by molar-refractivity contribution is 6.31. The quantitative estimate of drug-likeness (QED) is 0.851. The third-order valence-corrected chi connectivity index (χ3v) is 3.39. The maximum absolute atomic E-state index is 12.2. The van der Waals surface area contributed by atoms with Crippen molar-refractivity contribution in [3.05, 3.63) is 28.8 Å². The number of carbonyl (C=O) groups excluding carboxylic acids is 1. The van der Waals surface area contributed by atoms with Crippen LogP contribution in [0, 0.1) is 6.92 Å². The van der Waals surface area contributed by atoms with Crippen LogP contribution in [0.3, 0.4) is 0 Å². The summed E-state index contributed by atoms with van der Waals surface area (Å²) in [6.07, 6.45) is 0. The summed E-state index contributed by atoms with van der Waals surface area (Å²) in [7, 11) is 0. The molecular formula is C13H17ClN2O2. The van der Waals surface area contributed by atoms with Gasteiger partial charge in [-0.2, -0.15) is 0 Å². The lowest BCUT2D eigenvalue weighted by Gasteiger charge is -2.37. The van der Waals surface area contributed by atoms with E-state index in [1.807, 2.05) is 19.9 Å². The van der Waals surface area contributed by atoms with Crippen LogP contribution in [0.4, 0.5) is 5.69 Å². The monoisotopic (exact) mass is 268 g/mol. The van der Waals surface area contributed by atoms with Crippen LogP contribution >= 0.6 is 11.6 Å². The Morgan fingerprint density at radius 3 is 2.94 bits per heavy atom. The average Bonchev–Trinajstić information content (AvgIpc) is 2.35. The van der Waals surface area contributed by atoms with Gasteiger partial charge in [-0.3, -0.25) is 10.1 Å². The van der Waals surface area contributed by atoms with Crippen molar-refractivity contribution in [2.24, 2.45) is 0 Å². The largest absolute Gasteiger partial charge is 0.394 e. The molecule has 0 radical (unpaired) electrons. The van der Waals surface area contributed by atoms with Crippen molar-refractivity contribution in [2.75, 3.05) is 18.1 Å². The van der Waals surface area contributed by atoms with Gasteiger partial charge in [0.15, 0.2) is 0 Å². The molecule has 98 valence electrons. The van der Waals surface area contributed by atoms with Crippen molar-refractivity contribution in [1.29, 1.82) is 0 Å². The predicted molar refractivity (Wildman–Crippen MR) is 72.0 cm³/mol. The molecule has 1 fully saturated rings. The number of benzene rings is 1. The Labute approximate surface area is 112 Å². The molecule has 2 N–H and O–H groups in total. The molecule has 2 rings (SSSR count). The number of nitrogens with zero attached hydrogens (tertiary/aromatic N) is 1. The fraction of sp³-hybridized carbons (Fsp3) is 0.462. The van der Waals surface area contributed by atoms with Gasteiger partial charge in [-0.1, -0.05) is 17.7 Å². The van der Waals surface area contributed by atoms with Gasteiger partial charge in [0.2, 0.25) is 5.91 Å². The maximum Gasteiger partial charge on any atom is 0.246 e. The molecule has 1 saturated heterocycles. The number of hydrogen-bond donors (Lipinski definition) is 2. The summed E-state index contributed by atoms with van der Waals surface area (Å²) >= 11 is 5.99. The zero-order valence-corrected chi connectivity index (χ0v) is 11.2. The number of aliphatic hydroxyl groups is 1. The minimum Gasteiger partial charge on any atom is -0.394 e. The number of anilines is 1. The zero-order valence-electron chi connectivity index (χ0n) is 10.5. The average molecular weight is 269 g/mol. The Morgan fingerprint density at radius 2 is 2.28 bits per heavy atom. The van der Waals surface area contributed by atoms with Crippen molar-refractivity contribution in [3.8, 4) is 0 Å². The Bertz CT molecular complexity index is 464. The SMILES string of the molecule is Cc1ccc(Cl)cc1N1CC(C)NC(CO)C1=O. The Kier molecular flexibility index (Phi) is 3.90. The normalized spacial score (nSPS) is 24.4. The van der Waals surface area contributed by atoms with Gasteiger partial charge in [0.25, 0.3) is 0 Å². The van der Waals surface area contributed by atoms with Crippen molar-refractivity contribution >= 4 is 23.2 Å². The third kappa shape index (κ3) is 2.51. The van der Waals surface area contributed by atoms with Gasteiger partial charge < -0.3 is 10.0 Å². The van der Waals surface area contributed by atoms with Gasteiger partial charge in [-0.15, -0.1) is 0 Å². The topological polar surface area (TPSA) is 52.6 Å². The number of aliphatic hydroxyl groups excluding tert-OH is 1. The van der Waals surface area contributed by atoms with Crippen molar-refractivity contribution < 1.29 is 9.90 Å². The molecule has 18 heavy (non-hydrogen) atoms. The molecule has 4 nitrogen and oxygen atoms in total. The minimum atomic E-state index is -0.535. The number of piperazine rings is 1. The van der Waals surface area contributed by atoms with E-state index in [0.29, 0.717) is 11.6 Å². The highest BCUT2D eigenvalue weighted by Crippen LogP contribution is 2.26. The zero-order chi connectivity index (χ0) is 13.3. The van der Waals surface area contributed by atoms with E-state index in [-0.39, 0.29) is 18.6 Å². The van der Waals surface area contributed by atoms with Crippen molar-refractivity contribution in [2.45, 2.75) is 25.9 Å². The van der Waals surface area contributed by atoms with E-state index in [1.165, 1.54) is 0 Å². The number of aryl methyl sites for hydroxylation is 1. The van der Waals surface area contributed by atoms with Gasteiger partial charge in [-0.05, 0) is 31.5 Å². The summed E-state index contributed by atoms with van der Waals surface area (Å²) in [5.74, 6) is -0.110. The standard InChI is InChI=1S/C13H17ClN2O2/c1-8-3-4-10(14)5-12(8)16-6-9(2)15-11(7-17)13(16)18/h3-5,9,11,15,17H,6-7H2,1-2H3. The van der Waals surface area contributed by atoms with Crippen LogP contribution in [0.2, 0.25) is 5.02 Å². The fourth-order valence-electron chi connectivity index (χ4n) is 2.24. The molecule has 0 saturated carbocycles. The summed E-state index contributed by atoms with van der Waals surface area (Å²) in [4.78, 5) is 13.9. The molecule has 1 aromatic rings. The van der Waals surface area contributed by atoms with E-state index < -0.39 is 6.04 Å². The van der Waals surface area contributed by atoms with Crippen LogP contribution in [0.5, 0.6) is 0 Å². The van der Waals surface area contributed by atoms with Crippen LogP contribution in [-0.4, -0.2) is 36.2 Å². The second-order valence-corrected chi connectivity index (χ2v) is 5.12. The number of rotatable bonds is 2. The lowest BCUT2D eigenvalue weighted by molar-refractivity contribution is -0.123. The lowest BCUT2D eigenvalue weighted by atomic mass is 10.1. The molecule has 2 unspecified atom stereocenters. The van der Waals surface area contributed by atoms with Gasteiger partial charge in [0, 0.05) is 23.3 Å². The van der Waals surface area contributed by atoms with Crippen LogP contribution in [0.25, 0.3) is 0 Å². The first kappa shape index (κ1) is 13.3. The van der Waals surface area contributed by atoms with Crippen molar-refractivity contribution in [1.82, 2.24) is 5.32 Å². The first-order chi connectivity index (χ1) is 8.52. The van der Waals surface area contributed by atoms with Gasteiger partial charge in [0.05, 0.1) is 6.61 Å². The first-order valence-electron chi connectivity index (χ1n) is 5.97. The highest BCUT2D eigenvalue weighted by atomic mass is 35.5. The van der Waals surface area contributed by atoms with E-state index >= 15 is 0 Å². The molecule has 1 aromatic carbocycles. The van der Waals surface area contributed by atoms with Gasteiger partial charge in [-0.25, -0.2) is 0 Å². The number of nitrogens with one attached hydrogen (secondary N) is 1. The molecule has 0 bridgehead atoms. The van der Waals surface area contributed by atoms with Crippen LogP contribution < -0.4 is 10.2 Å². The van der Waals surface area contributed by atoms with E-state index in [1.54, 1.807) is 17.0 Å². The van der Waals surface area contributed by atoms with Crippen LogP contribution in [-0.2, 0) is 4.79 Å². The minimum absolute atomic E-state index is 0.110. The van der Waals surface area contributed by atoms with Gasteiger partial charge in [0.1, 0.15) is 6.04 Å². The second kappa shape index (κ2) is 5.26. The smallest absolute Gasteiger partial charge is 0.246 e. The summed E-state index contributed by atoms with van der Waals surface area (Å²) in [6.45, 7) is 4.32. The molecule has 0 aliphatic carbocycles. The molecular weight excluding hydrogens is 252 g/mol. The number of hydrogen-bond acceptors (Lipinski definition) is 3. The van der Waals surface area contributed by atoms with Crippen LogP contribution in [0.15, 0.2) is 18.2 Å². The van der Waals surface area contributed by atoms with Crippen LogP contribution in [0.1, 0.15) is 12.5 Å². The van der Waals surface area contributed by atoms with E-state index in [9.17, 15) is 9.90 Å². The summed E-state index contributed by atoms with van der Waals surface area (Å²) in [6, 6.07) is 5.10. The first-order valence-corrected chi connectivity index (χ1v) is 6.35. The molecule has 0 aromatic heterocycles. The van der Waals surface area contributed by atoms with Crippen molar-refractivity contribution in [3.63, 3.8) is 0 Å². The lowest BCUT2D eigenvalue weighted by Crippen LogP contribution is -2.60. The summed E-state index contributed by atoms with van der Waals surface area (Å²) < 4.78 is 0. The Morgan fingerprint density at radius 1 is 1.56 bits per heavy atom. The summed E-state index contributed by atoms with van der Waals surface area (Å²) in [5, 5.41) is 12.9. The van der Waals surface area contributed by atoms with E-state index in [2.05, 4.69) is 5.32 Å². The molecule has 1 aliphatic heterocycles. The molecule has 0 spiro atoms. The maximum atomic E-state index is 12.2. The molecule has 1 aliphatic rings. The highest BCUT2D eigenvalue weighted by Gasteiger charge is 2.32. The van der Waals surface area contributed by atoms with E-state index in [4.69, 9.17) is 11.6 Å². The number of carbonyl (C=O) groups is 1. The second-order valence-electron chi connectivity index (χ2n) is 4.68. The van der Waals surface area contributed by atoms with Gasteiger partial charge >= 0.3 is 0 Å².